The maximum atomic E-state index is 13.8. The van der Waals surface area contributed by atoms with Crippen LogP contribution >= 0.6 is 0 Å². The van der Waals surface area contributed by atoms with E-state index in [9.17, 15) is 4.79 Å². The summed E-state index contributed by atoms with van der Waals surface area (Å²) >= 11 is 0. The number of H-pyrrole nitrogens is 1. The van der Waals surface area contributed by atoms with Gasteiger partial charge in [-0.15, -0.1) is 0 Å². The van der Waals surface area contributed by atoms with E-state index in [-0.39, 0.29) is 17.9 Å². The molecule has 0 aromatic carbocycles. The van der Waals surface area contributed by atoms with Crippen LogP contribution in [0.2, 0.25) is 0 Å². The minimum Gasteiger partial charge on any atom is -0.379 e. The number of imidazole rings is 1. The molecule has 1 N–H and O–H groups in total. The molecular formula is C27H31N5O3. The van der Waals surface area contributed by atoms with Gasteiger partial charge in [0.05, 0.1) is 30.9 Å². The zero-order chi connectivity index (χ0) is 23.9. The zero-order valence-corrected chi connectivity index (χ0v) is 20.3. The third kappa shape index (κ3) is 3.90. The van der Waals surface area contributed by atoms with Crippen molar-refractivity contribution >= 4 is 27.9 Å². The third-order valence-corrected chi connectivity index (χ3v) is 7.54. The Labute approximate surface area is 203 Å². The molecule has 0 bridgehead atoms. The van der Waals surface area contributed by atoms with Gasteiger partial charge in [-0.1, -0.05) is 6.08 Å². The number of rotatable bonds is 5. The Kier molecular flexibility index (Phi) is 5.78. The molecule has 1 saturated heterocycles. The molecule has 8 heteroatoms. The van der Waals surface area contributed by atoms with Crippen LogP contribution in [-0.4, -0.2) is 50.0 Å². The van der Waals surface area contributed by atoms with Crippen LogP contribution in [0.5, 0.6) is 0 Å². The average Bonchev–Trinajstić information content (AvgIpc) is 3.48. The van der Waals surface area contributed by atoms with E-state index in [2.05, 4.69) is 29.0 Å². The van der Waals surface area contributed by atoms with E-state index < -0.39 is 0 Å². The fourth-order valence-corrected chi connectivity index (χ4v) is 5.49. The maximum Gasteiger partial charge on any atom is 0.334 e. The molecule has 2 atom stereocenters. The van der Waals surface area contributed by atoms with Gasteiger partial charge in [0.25, 0.3) is 0 Å². The van der Waals surface area contributed by atoms with Crippen LogP contribution in [-0.2, 0) is 16.0 Å². The highest BCUT2D eigenvalue weighted by Crippen LogP contribution is 2.31. The summed E-state index contributed by atoms with van der Waals surface area (Å²) in [5.41, 5.74) is 6.56. The SMILES string of the molecule is CO[C@H]1CC[C@@H](Cn2c(=O)n(C3=CCCCC3)c3ncc(-c4cnc5[nH]ccc5c4C)cc32)OC1. The first-order chi connectivity index (χ1) is 17.1. The van der Waals surface area contributed by atoms with E-state index in [4.69, 9.17) is 14.5 Å². The number of methoxy groups -OCH3 is 1. The first-order valence-electron chi connectivity index (χ1n) is 12.5. The second kappa shape index (κ2) is 9.09. The number of fused-ring (bicyclic) bond motifs is 2. The lowest BCUT2D eigenvalue weighted by molar-refractivity contribution is -0.0757. The Morgan fingerprint density at radius 2 is 2.14 bits per heavy atom. The number of pyridine rings is 2. The summed E-state index contributed by atoms with van der Waals surface area (Å²) in [6.07, 6.45) is 13.9. The van der Waals surface area contributed by atoms with Gasteiger partial charge in [-0.05, 0) is 63.1 Å². The first-order valence-corrected chi connectivity index (χ1v) is 12.5. The summed E-state index contributed by atoms with van der Waals surface area (Å²) in [6, 6.07) is 4.13. The van der Waals surface area contributed by atoms with Crippen molar-refractivity contribution in [2.24, 2.45) is 0 Å². The zero-order valence-electron chi connectivity index (χ0n) is 20.3. The molecule has 0 saturated carbocycles. The summed E-state index contributed by atoms with van der Waals surface area (Å²) in [7, 11) is 1.72. The molecule has 0 radical (unpaired) electrons. The number of nitrogens with zero attached hydrogens (tertiary/aromatic N) is 4. The van der Waals surface area contributed by atoms with Gasteiger partial charge in [-0.25, -0.2) is 19.3 Å². The summed E-state index contributed by atoms with van der Waals surface area (Å²) in [6.45, 7) is 3.17. The lowest BCUT2D eigenvalue weighted by Crippen LogP contribution is -2.36. The molecule has 4 aromatic heterocycles. The van der Waals surface area contributed by atoms with Gasteiger partial charge < -0.3 is 14.5 Å². The van der Waals surface area contributed by atoms with Crippen molar-refractivity contribution in [2.45, 2.75) is 64.2 Å². The van der Waals surface area contributed by atoms with E-state index in [1.54, 1.807) is 7.11 Å². The van der Waals surface area contributed by atoms with Gasteiger partial charge in [-0.2, -0.15) is 0 Å². The summed E-state index contributed by atoms with van der Waals surface area (Å²) in [5, 5.41) is 1.09. The Bertz CT molecular complexity index is 1470. The van der Waals surface area contributed by atoms with E-state index in [0.717, 1.165) is 71.0 Å². The van der Waals surface area contributed by atoms with E-state index in [1.807, 2.05) is 33.8 Å². The molecule has 1 aliphatic carbocycles. The van der Waals surface area contributed by atoms with Gasteiger partial charge in [0, 0.05) is 47.9 Å². The Morgan fingerprint density at radius 1 is 1.23 bits per heavy atom. The van der Waals surface area contributed by atoms with Crippen LogP contribution < -0.4 is 5.69 Å². The van der Waals surface area contributed by atoms with Crippen molar-refractivity contribution in [3.05, 3.63) is 52.8 Å². The highest BCUT2D eigenvalue weighted by atomic mass is 16.5. The smallest absolute Gasteiger partial charge is 0.334 e. The standard InChI is InChI=1S/C27H31N5O3/c1-17-22-10-11-28-25(22)29-14-23(17)18-12-24-26(30-13-18)32(19-6-4-3-5-7-19)27(33)31(24)15-20-8-9-21(34-2)16-35-20/h6,10-14,20-21H,3-5,7-9,15-16H2,1-2H3,(H,28,29)/t20-,21-/m0/s1. The quantitative estimate of drug-likeness (QED) is 0.456. The Balaban J connectivity index is 1.47. The average molecular weight is 474 g/mol. The van der Waals surface area contributed by atoms with Crippen molar-refractivity contribution in [1.29, 1.82) is 0 Å². The van der Waals surface area contributed by atoms with Crippen molar-refractivity contribution in [3.8, 4) is 11.1 Å². The molecule has 0 amide bonds. The number of allylic oxidation sites excluding steroid dienone is 2. The van der Waals surface area contributed by atoms with Crippen LogP contribution in [0.4, 0.5) is 0 Å². The molecule has 0 unspecified atom stereocenters. The van der Waals surface area contributed by atoms with E-state index >= 15 is 0 Å². The third-order valence-electron chi connectivity index (χ3n) is 7.54. The van der Waals surface area contributed by atoms with Crippen LogP contribution in [0.3, 0.4) is 0 Å². The fourth-order valence-electron chi connectivity index (χ4n) is 5.49. The highest BCUT2D eigenvalue weighted by Gasteiger charge is 2.26. The summed E-state index contributed by atoms with van der Waals surface area (Å²) in [5.74, 6) is 0. The van der Waals surface area contributed by atoms with Crippen molar-refractivity contribution in [1.82, 2.24) is 24.1 Å². The molecule has 5 heterocycles. The van der Waals surface area contributed by atoms with E-state index in [1.165, 1.54) is 6.42 Å². The molecule has 6 rings (SSSR count). The number of aromatic nitrogens is 5. The first kappa shape index (κ1) is 22.2. The number of hydrogen-bond acceptors (Lipinski definition) is 5. The molecule has 4 aromatic rings. The van der Waals surface area contributed by atoms with Gasteiger partial charge in [0.1, 0.15) is 5.65 Å². The van der Waals surface area contributed by atoms with Crippen molar-refractivity contribution < 1.29 is 9.47 Å². The van der Waals surface area contributed by atoms with Crippen LogP contribution in [0.1, 0.15) is 44.1 Å². The molecule has 8 nitrogen and oxygen atoms in total. The number of ether oxygens (including phenoxy) is 2. The lowest BCUT2D eigenvalue weighted by atomic mass is 10.0. The Morgan fingerprint density at radius 3 is 2.91 bits per heavy atom. The molecular weight excluding hydrogens is 442 g/mol. The van der Waals surface area contributed by atoms with Crippen molar-refractivity contribution in [3.63, 3.8) is 0 Å². The van der Waals surface area contributed by atoms with Crippen LogP contribution in [0.25, 0.3) is 39.0 Å². The monoisotopic (exact) mass is 473 g/mol. The predicted octanol–water partition coefficient (Wildman–Crippen LogP) is 4.66. The number of aromatic amines is 1. The number of nitrogens with one attached hydrogen (secondary N) is 1. The minimum atomic E-state index is -0.0359. The predicted molar refractivity (Wildman–Crippen MR) is 136 cm³/mol. The molecule has 1 aliphatic heterocycles. The molecule has 35 heavy (non-hydrogen) atoms. The summed E-state index contributed by atoms with van der Waals surface area (Å²) < 4.78 is 15.2. The molecule has 1 fully saturated rings. The molecule has 182 valence electrons. The largest absolute Gasteiger partial charge is 0.379 e. The van der Waals surface area contributed by atoms with Crippen LogP contribution in [0, 0.1) is 6.92 Å². The normalized spacial score (nSPS) is 21.0. The topological polar surface area (TPSA) is 87.0 Å². The lowest BCUT2D eigenvalue weighted by Gasteiger charge is -2.28. The second-order valence-corrected chi connectivity index (χ2v) is 9.66. The number of aryl methyl sites for hydroxylation is 1. The molecule has 0 spiro atoms. The summed E-state index contributed by atoms with van der Waals surface area (Å²) in [4.78, 5) is 26.4. The second-order valence-electron chi connectivity index (χ2n) is 9.66. The maximum absolute atomic E-state index is 13.8. The fraction of sp³-hybridized carbons (Fsp3) is 0.444. The highest BCUT2D eigenvalue weighted by molar-refractivity contribution is 5.88. The molecule has 2 aliphatic rings. The van der Waals surface area contributed by atoms with Gasteiger partial charge >= 0.3 is 5.69 Å². The number of hydrogen-bond donors (Lipinski definition) is 1. The van der Waals surface area contributed by atoms with Gasteiger partial charge in [-0.3, -0.25) is 4.57 Å². The van der Waals surface area contributed by atoms with Gasteiger partial charge in [0.2, 0.25) is 0 Å². The minimum absolute atomic E-state index is 0.0262. The Hall–Kier alpha value is -3.23. The van der Waals surface area contributed by atoms with Crippen LogP contribution in [0.15, 0.2) is 41.6 Å². The van der Waals surface area contributed by atoms with Crippen molar-refractivity contribution in [2.75, 3.05) is 13.7 Å². The van der Waals surface area contributed by atoms with E-state index in [0.29, 0.717) is 18.8 Å². The van der Waals surface area contributed by atoms with Gasteiger partial charge in [0.15, 0.2) is 5.65 Å².